The lowest BCUT2D eigenvalue weighted by molar-refractivity contribution is 0.0607. The number of esters is 1. The second kappa shape index (κ2) is 5.33. The molecule has 0 aromatic carbocycles. The molecule has 2 aromatic heterocycles. The maximum atomic E-state index is 12.2. The number of nitrogens with one attached hydrogen (secondary N) is 1. The summed E-state index contributed by atoms with van der Waals surface area (Å²) >= 11 is 1.23. The van der Waals surface area contributed by atoms with E-state index < -0.39 is 11.9 Å². The predicted octanol–water partition coefficient (Wildman–Crippen LogP) is 2.96. The largest absolute Gasteiger partial charge is 0.465 e. The first-order valence-electron chi connectivity index (χ1n) is 6.54. The lowest BCUT2D eigenvalue weighted by atomic mass is 10.2. The molecule has 0 unspecified atom stereocenters. The number of carbonyl (C=O) groups is 2. The molecule has 1 saturated carbocycles. The molecule has 21 heavy (non-hydrogen) atoms. The van der Waals surface area contributed by atoms with Gasteiger partial charge in [-0.05, 0) is 30.7 Å². The Balaban J connectivity index is 1.80. The van der Waals surface area contributed by atoms with Gasteiger partial charge in [0.15, 0.2) is 5.69 Å². The van der Waals surface area contributed by atoms with E-state index in [0.717, 1.165) is 24.2 Å². The van der Waals surface area contributed by atoms with Crippen LogP contribution in [0.15, 0.2) is 16.0 Å². The molecule has 1 N–H and O–H groups in total. The number of anilines is 1. The number of thiophene rings is 1. The second-order valence-corrected chi connectivity index (χ2v) is 5.84. The van der Waals surface area contributed by atoms with Crippen LogP contribution < -0.4 is 5.32 Å². The van der Waals surface area contributed by atoms with Crippen LogP contribution in [-0.4, -0.2) is 24.1 Å². The quantitative estimate of drug-likeness (QED) is 0.878. The van der Waals surface area contributed by atoms with E-state index >= 15 is 0 Å². The summed E-state index contributed by atoms with van der Waals surface area (Å²) in [5.74, 6) is 0.280. The van der Waals surface area contributed by atoms with Crippen LogP contribution in [0.4, 0.5) is 5.69 Å². The van der Waals surface area contributed by atoms with Gasteiger partial charge in [-0.15, -0.1) is 11.3 Å². The molecule has 0 spiro atoms. The first-order chi connectivity index (χ1) is 10.1. The third-order valence-electron chi connectivity index (χ3n) is 3.33. The van der Waals surface area contributed by atoms with Gasteiger partial charge in [-0.25, -0.2) is 4.79 Å². The zero-order valence-electron chi connectivity index (χ0n) is 11.6. The fourth-order valence-electron chi connectivity index (χ4n) is 1.98. The lowest BCUT2D eigenvalue weighted by Crippen LogP contribution is -2.15. The van der Waals surface area contributed by atoms with Crippen LogP contribution in [-0.2, 0) is 4.74 Å². The topological polar surface area (TPSA) is 81.4 Å². The van der Waals surface area contributed by atoms with Gasteiger partial charge >= 0.3 is 5.97 Å². The van der Waals surface area contributed by atoms with E-state index in [1.165, 1.54) is 18.4 Å². The van der Waals surface area contributed by atoms with Gasteiger partial charge in [0.05, 0.1) is 12.8 Å². The number of amides is 1. The smallest absolute Gasteiger partial charge is 0.350 e. The summed E-state index contributed by atoms with van der Waals surface area (Å²) in [6.07, 6.45) is 2.15. The standard InChI is InChI=1S/C14H14N2O4S/c1-7-6-21-12(14(18)19-2)11(7)15-13(17)9-5-10(20-16-9)8-3-4-8/h5-6,8H,3-4H2,1-2H3,(H,15,17). The predicted molar refractivity (Wildman–Crippen MR) is 76.8 cm³/mol. The number of aromatic nitrogens is 1. The van der Waals surface area contributed by atoms with Crippen molar-refractivity contribution in [2.75, 3.05) is 12.4 Å². The Morgan fingerprint density at radius 1 is 1.48 bits per heavy atom. The molecule has 110 valence electrons. The molecule has 1 aliphatic carbocycles. The maximum Gasteiger partial charge on any atom is 0.350 e. The van der Waals surface area contributed by atoms with E-state index in [9.17, 15) is 9.59 Å². The summed E-state index contributed by atoms with van der Waals surface area (Å²) < 4.78 is 9.87. The Kier molecular flexibility index (Phi) is 3.50. The Morgan fingerprint density at radius 3 is 2.90 bits per heavy atom. The van der Waals surface area contributed by atoms with E-state index in [1.54, 1.807) is 11.4 Å². The number of hydrogen-bond donors (Lipinski definition) is 1. The van der Waals surface area contributed by atoms with Gasteiger partial charge in [-0.2, -0.15) is 0 Å². The van der Waals surface area contributed by atoms with E-state index in [-0.39, 0.29) is 5.69 Å². The second-order valence-electron chi connectivity index (χ2n) is 4.96. The normalized spacial score (nSPS) is 14.0. The molecule has 1 amide bonds. The average molecular weight is 306 g/mol. The summed E-state index contributed by atoms with van der Waals surface area (Å²) in [7, 11) is 1.31. The summed E-state index contributed by atoms with van der Waals surface area (Å²) in [6, 6.07) is 1.66. The fourth-order valence-corrected chi connectivity index (χ4v) is 2.90. The van der Waals surface area contributed by atoms with E-state index in [2.05, 4.69) is 10.5 Å². The molecule has 0 radical (unpaired) electrons. The number of aryl methyl sites for hydroxylation is 1. The van der Waals surface area contributed by atoms with Gasteiger partial charge in [0, 0.05) is 12.0 Å². The number of rotatable bonds is 4. The molecule has 0 bridgehead atoms. The lowest BCUT2D eigenvalue weighted by Gasteiger charge is -2.05. The fraction of sp³-hybridized carbons (Fsp3) is 0.357. The minimum absolute atomic E-state index is 0.221. The highest BCUT2D eigenvalue weighted by Gasteiger charge is 2.29. The highest BCUT2D eigenvalue weighted by molar-refractivity contribution is 7.12. The Bertz CT molecular complexity index is 700. The van der Waals surface area contributed by atoms with Gasteiger partial charge in [0.25, 0.3) is 5.91 Å². The van der Waals surface area contributed by atoms with Crippen molar-refractivity contribution in [3.05, 3.63) is 33.3 Å². The highest BCUT2D eigenvalue weighted by atomic mass is 32.1. The molecular weight excluding hydrogens is 292 g/mol. The molecule has 1 aliphatic rings. The van der Waals surface area contributed by atoms with Gasteiger partial charge in [0.1, 0.15) is 10.6 Å². The van der Waals surface area contributed by atoms with Crippen LogP contribution in [0.1, 0.15) is 50.2 Å². The summed E-state index contributed by atoms with van der Waals surface area (Å²) in [4.78, 5) is 24.2. The average Bonchev–Trinajstić information content (AvgIpc) is 3.10. The SMILES string of the molecule is COC(=O)c1scc(C)c1NC(=O)c1cc(C2CC2)on1. The molecule has 1 fully saturated rings. The number of methoxy groups -OCH3 is 1. The van der Waals surface area contributed by atoms with Crippen molar-refractivity contribution in [1.29, 1.82) is 0 Å². The van der Waals surface area contributed by atoms with E-state index in [4.69, 9.17) is 9.26 Å². The van der Waals surface area contributed by atoms with Gasteiger partial charge in [-0.3, -0.25) is 4.79 Å². The number of ether oxygens (including phenoxy) is 1. The van der Waals surface area contributed by atoms with Crippen molar-refractivity contribution < 1.29 is 18.8 Å². The van der Waals surface area contributed by atoms with Crippen LogP contribution >= 0.6 is 11.3 Å². The monoisotopic (exact) mass is 306 g/mol. The Hall–Kier alpha value is -2.15. The van der Waals surface area contributed by atoms with Gasteiger partial charge in [0.2, 0.25) is 0 Å². The molecule has 0 aliphatic heterocycles. The summed E-state index contributed by atoms with van der Waals surface area (Å²) in [5.41, 5.74) is 1.49. The van der Waals surface area contributed by atoms with Crippen LogP contribution in [0, 0.1) is 6.92 Å². The van der Waals surface area contributed by atoms with Crippen molar-refractivity contribution >= 4 is 28.9 Å². The number of nitrogens with zero attached hydrogens (tertiary/aromatic N) is 1. The molecule has 7 heteroatoms. The van der Waals surface area contributed by atoms with Gasteiger partial charge < -0.3 is 14.6 Å². The van der Waals surface area contributed by atoms with Crippen LogP contribution in [0.5, 0.6) is 0 Å². The zero-order chi connectivity index (χ0) is 15.0. The highest BCUT2D eigenvalue weighted by Crippen LogP contribution is 2.40. The van der Waals surface area contributed by atoms with Gasteiger partial charge in [-0.1, -0.05) is 5.16 Å². The number of carbonyl (C=O) groups excluding carboxylic acids is 2. The molecule has 0 saturated heterocycles. The Labute approximate surface area is 125 Å². The van der Waals surface area contributed by atoms with Crippen molar-refractivity contribution in [2.45, 2.75) is 25.7 Å². The van der Waals surface area contributed by atoms with Crippen molar-refractivity contribution in [3.8, 4) is 0 Å². The minimum Gasteiger partial charge on any atom is -0.465 e. The van der Waals surface area contributed by atoms with E-state index in [1.807, 2.05) is 6.92 Å². The molecule has 2 aromatic rings. The summed E-state index contributed by atoms with van der Waals surface area (Å²) in [5, 5.41) is 8.29. The maximum absolute atomic E-state index is 12.2. The molecule has 6 nitrogen and oxygen atoms in total. The first-order valence-corrected chi connectivity index (χ1v) is 7.42. The van der Waals surface area contributed by atoms with Crippen LogP contribution in [0.3, 0.4) is 0 Å². The van der Waals surface area contributed by atoms with Crippen LogP contribution in [0.25, 0.3) is 0 Å². The van der Waals surface area contributed by atoms with E-state index in [0.29, 0.717) is 16.5 Å². The summed E-state index contributed by atoms with van der Waals surface area (Å²) in [6.45, 7) is 1.82. The molecule has 0 atom stereocenters. The van der Waals surface area contributed by atoms with Crippen molar-refractivity contribution in [1.82, 2.24) is 5.16 Å². The number of hydrogen-bond acceptors (Lipinski definition) is 6. The first kappa shape index (κ1) is 13.8. The molecule has 2 heterocycles. The zero-order valence-corrected chi connectivity index (χ0v) is 12.5. The molecule has 3 rings (SSSR count). The molecular formula is C14H14N2O4S. The van der Waals surface area contributed by atoms with Crippen molar-refractivity contribution in [2.24, 2.45) is 0 Å². The minimum atomic E-state index is -0.470. The third-order valence-corrected chi connectivity index (χ3v) is 4.40. The third kappa shape index (κ3) is 2.69. The van der Waals surface area contributed by atoms with Crippen LogP contribution in [0.2, 0.25) is 0 Å². The van der Waals surface area contributed by atoms with Crippen molar-refractivity contribution in [3.63, 3.8) is 0 Å². The Morgan fingerprint density at radius 2 is 2.24 bits per heavy atom.